The zero-order valence-corrected chi connectivity index (χ0v) is 16.1. The normalized spacial score (nSPS) is 19.5. The Morgan fingerprint density at radius 1 is 1.00 bits per heavy atom. The molecule has 4 heteroatoms. The van der Waals surface area contributed by atoms with Crippen LogP contribution in [-0.4, -0.2) is 45.0 Å². The zero-order chi connectivity index (χ0) is 19.3. The van der Waals surface area contributed by atoms with E-state index >= 15 is 0 Å². The van der Waals surface area contributed by atoms with Crippen LogP contribution in [0.2, 0.25) is 0 Å². The Balaban J connectivity index is 1.47. The Labute approximate surface area is 162 Å². The van der Waals surface area contributed by atoms with E-state index in [0.717, 1.165) is 50.8 Å². The molecule has 0 aromatic heterocycles. The SMILES string of the molecule is C[C@@H]([C@@H](O)c1ccc(O)cc1)N1CCC(O)(CCCc2ccccc2)CC1. The summed E-state index contributed by atoms with van der Waals surface area (Å²) in [6.07, 6.45) is 3.71. The first-order valence-corrected chi connectivity index (χ1v) is 9.94. The second-order valence-corrected chi connectivity index (χ2v) is 7.88. The van der Waals surface area contributed by atoms with Crippen molar-refractivity contribution in [3.05, 3.63) is 65.7 Å². The summed E-state index contributed by atoms with van der Waals surface area (Å²) in [5, 5.41) is 31.0. The van der Waals surface area contributed by atoms with Gasteiger partial charge in [0, 0.05) is 19.1 Å². The molecule has 0 aliphatic carbocycles. The third kappa shape index (κ3) is 5.32. The highest BCUT2D eigenvalue weighted by atomic mass is 16.3. The molecule has 1 heterocycles. The fourth-order valence-electron chi connectivity index (χ4n) is 4.01. The van der Waals surface area contributed by atoms with Crippen LogP contribution in [-0.2, 0) is 6.42 Å². The predicted octanol–water partition coefficient (Wildman–Crippen LogP) is 3.66. The molecule has 3 rings (SSSR count). The van der Waals surface area contributed by atoms with Crippen molar-refractivity contribution in [1.29, 1.82) is 0 Å². The largest absolute Gasteiger partial charge is 0.508 e. The van der Waals surface area contributed by atoms with Gasteiger partial charge in [-0.25, -0.2) is 0 Å². The molecule has 0 unspecified atom stereocenters. The van der Waals surface area contributed by atoms with Gasteiger partial charge >= 0.3 is 0 Å². The Morgan fingerprint density at radius 3 is 2.26 bits per heavy atom. The van der Waals surface area contributed by atoms with Crippen LogP contribution >= 0.6 is 0 Å². The maximum absolute atomic E-state index is 10.9. The molecular formula is C23H31NO3. The Bertz CT molecular complexity index is 693. The van der Waals surface area contributed by atoms with E-state index in [1.807, 2.05) is 13.0 Å². The molecular weight excluding hydrogens is 338 g/mol. The van der Waals surface area contributed by atoms with Gasteiger partial charge in [0.25, 0.3) is 0 Å². The number of phenols is 1. The molecule has 0 amide bonds. The molecule has 0 spiro atoms. The zero-order valence-electron chi connectivity index (χ0n) is 16.1. The summed E-state index contributed by atoms with van der Waals surface area (Å²) in [6, 6.07) is 17.1. The molecule has 0 bridgehead atoms. The number of phenolic OH excluding ortho intramolecular Hbond substituents is 1. The first kappa shape index (κ1) is 19.9. The molecule has 0 radical (unpaired) electrons. The van der Waals surface area contributed by atoms with Gasteiger partial charge in [0.2, 0.25) is 0 Å². The maximum atomic E-state index is 10.9. The lowest BCUT2D eigenvalue weighted by Gasteiger charge is -2.42. The summed E-state index contributed by atoms with van der Waals surface area (Å²) in [7, 11) is 0. The van der Waals surface area contributed by atoms with E-state index in [0.29, 0.717) is 0 Å². The molecule has 2 aromatic rings. The van der Waals surface area contributed by atoms with E-state index in [4.69, 9.17) is 0 Å². The van der Waals surface area contributed by atoms with Crippen molar-refractivity contribution in [2.24, 2.45) is 0 Å². The summed E-state index contributed by atoms with van der Waals surface area (Å²) < 4.78 is 0. The topological polar surface area (TPSA) is 63.9 Å². The Hall–Kier alpha value is -1.88. The number of aromatic hydroxyl groups is 1. The molecule has 1 saturated heterocycles. The Morgan fingerprint density at radius 2 is 1.63 bits per heavy atom. The number of rotatable bonds is 7. The predicted molar refractivity (Wildman–Crippen MR) is 108 cm³/mol. The minimum atomic E-state index is -0.602. The first-order valence-electron chi connectivity index (χ1n) is 9.94. The minimum absolute atomic E-state index is 0.0246. The smallest absolute Gasteiger partial charge is 0.115 e. The third-order valence-corrected chi connectivity index (χ3v) is 5.95. The number of hydrogen-bond acceptors (Lipinski definition) is 4. The standard InChI is InChI=1S/C23H31NO3/c1-18(22(26)20-9-11-21(25)12-10-20)24-16-14-23(27,15-17-24)13-5-8-19-6-3-2-4-7-19/h2-4,6-7,9-12,18,22,25-27H,5,8,13-17H2,1H3/t18-,22+/m0/s1. The molecule has 27 heavy (non-hydrogen) atoms. The van der Waals surface area contributed by atoms with E-state index in [1.54, 1.807) is 24.3 Å². The van der Waals surface area contributed by atoms with Gasteiger partial charge in [0.05, 0.1) is 11.7 Å². The molecule has 3 N–H and O–H groups in total. The summed E-state index contributed by atoms with van der Waals surface area (Å²) in [5.74, 6) is 0.206. The number of aryl methyl sites for hydroxylation is 1. The van der Waals surface area contributed by atoms with Crippen molar-refractivity contribution >= 4 is 0 Å². The maximum Gasteiger partial charge on any atom is 0.115 e. The van der Waals surface area contributed by atoms with Crippen LogP contribution in [0.4, 0.5) is 0 Å². The van der Waals surface area contributed by atoms with Gasteiger partial charge in [0.15, 0.2) is 0 Å². The molecule has 0 saturated carbocycles. The first-order chi connectivity index (χ1) is 13.0. The summed E-state index contributed by atoms with van der Waals surface area (Å²) >= 11 is 0. The number of piperidine rings is 1. The molecule has 1 fully saturated rings. The number of nitrogens with zero attached hydrogens (tertiary/aromatic N) is 1. The lowest BCUT2D eigenvalue weighted by Crippen LogP contribution is -2.49. The third-order valence-electron chi connectivity index (χ3n) is 5.95. The van der Waals surface area contributed by atoms with Gasteiger partial charge in [-0.2, -0.15) is 0 Å². The van der Waals surface area contributed by atoms with Crippen molar-refractivity contribution < 1.29 is 15.3 Å². The summed E-state index contributed by atoms with van der Waals surface area (Å²) in [4.78, 5) is 2.25. The average molecular weight is 370 g/mol. The minimum Gasteiger partial charge on any atom is -0.508 e. The van der Waals surface area contributed by atoms with Crippen LogP contribution in [0.25, 0.3) is 0 Å². The molecule has 1 aliphatic rings. The summed E-state index contributed by atoms with van der Waals surface area (Å²) in [6.45, 7) is 3.60. The fraction of sp³-hybridized carbons (Fsp3) is 0.478. The van der Waals surface area contributed by atoms with Crippen LogP contribution in [0.5, 0.6) is 5.75 Å². The van der Waals surface area contributed by atoms with Crippen LogP contribution in [0.3, 0.4) is 0 Å². The highest BCUT2D eigenvalue weighted by Crippen LogP contribution is 2.31. The van der Waals surface area contributed by atoms with Crippen LogP contribution in [0.15, 0.2) is 54.6 Å². The van der Waals surface area contributed by atoms with Crippen molar-refractivity contribution in [3.63, 3.8) is 0 Å². The highest BCUT2D eigenvalue weighted by Gasteiger charge is 2.34. The van der Waals surface area contributed by atoms with E-state index in [-0.39, 0.29) is 11.8 Å². The van der Waals surface area contributed by atoms with Crippen LogP contribution in [0.1, 0.15) is 49.8 Å². The lowest BCUT2D eigenvalue weighted by molar-refractivity contribution is -0.0515. The number of likely N-dealkylation sites (tertiary alicyclic amines) is 1. The molecule has 2 atom stereocenters. The molecule has 1 aliphatic heterocycles. The Kier molecular flexibility index (Phi) is 6.53. The highest BCUT2D eigenvalue weighted by molar-refractivity contribution is 5.28. The number of hydrogen-bond donors (Lipinski definition) is 3. The van der Waals surface area contributed by atoms with Gasteiger partial charge in [-0.15, -0.1) is 0 Å². The number of benzene rings is 2. The lowest BCUT2D eigenvalue weighted by atomic mass is 9.85. The monoisotopic (exact) mass is 369 g/mol. The van der Waals surface area contributed by atoms with Gasteiger partial charge in [-0.05, 0) is 62.3 Å². The van der Waals surface area contributed by atoms with Crippen molar-refractivity contribution in [3.8, 4) is 5.75 Å². The van der Waals surface area contributed by atoms with E-state index in [9.17, 15) is 15.3 Å². The van der Waals surface area contributed by atoms with E-state index in [2.05, 4.69) is 29.2 Å². The van der Waals surface area contributed by atoms with E-state index < -0.39 is 11.7 Å². The fourth-order valence-corrected chi connectivity index (χ4v) is 4.01. The molecule has 2 aromatic carbocycles. The summed E-state index contributed by atoms with van der Waals surface area (Å²) in [5.41, 5.74) is 1.54. The van der Waals surface area contributed by atoms with Gasteiger partial charge in [-0.3, -0.25) is 4.90 Å². The van der Waals surface area contributed by atoms with Crippen LogP contribution in [0, 0.1) is 0 Å². The van der Waals surface area contributed by atoms with Crippen molar-refractivity contribution in [2.45, 2.75) is 56.8 Å². The number of aliphatic hydroxyl groups is 2. The average Bonchev–Trinajstić information content (AvgIpc) is 2.69. The molecule has 4 nitrogen and oxygen atoms in total. The van der Waals surface area contributed by atoms with Crippen molar-refractivity contribution in [1.82, 2.24) is 4.90 Å². The van der Waals surface area contributed by atoms with E-state index in [1.165, 1.54) is 5.56 Å². The quantitative estimate of drug-likeness (QED) is 0.697. The number of aliphatic hydroxyl groups excluding tert-OH is 1. The van der Waals surface area contributed by atoms with Crippen LogP contribution < -0.4 is 0 Å². The van der Waals surface area contributed by atoms with Gasteiger partial charge < -0.3 is 15.3 Å². The van der Waals surface area contributed by atoms with Gasteiger partial charge in [0.1, 0.15) is 5.75 Å². The molecule has 146 valence electrons. The van der Waals surface area contributed by atoms with Crippen molar-refractivity contribution in [2.75, 3.05) is 13.1 Å². The second-order valence-electron chi connectivity index (χ2n) is 7.88. The van der Waals surface area contributed by atoms with Gasteiger partial charge in [-0.1, -0.05) is 42.5 Å². The second kappa shape index (κ2) is 8.87.